The van der Waals surface area contributed by atoms with Crippen LogP contribution in [0.1, 0.15) is 33.4 Å². The van der Waals surface area contributed by atoms with Gasteiger partial charge in [0.15, 0.2) is 6.61 Å². The zero-order valence-electron chi connectivity index (χ0n) is 16.8. The lowest BCUT2D eigenvalue weighted by Gasteiger charge is -2.10. The summed E-state index contributed by atoms with van der Waals surface area (Å²) in [7, 11) is 1.55. The number of carbonyl (C=O) groups is 3. The van der Waals surface area contributed by atoms with Crippen molar-refractivity contribution < 1.29 is 33.0 Å². The number of nitrogens with one attached hydrogen (secondary N) is 1. The number of benzene rings is 2. The van der Waals surface area contributed by atoms with Crippen LogP contribution < -0.4 is 10.1 Å². The minimum atomic E-state index is -0.767. The number of rotatable bonds is 7. The Morgan fingerprint density at radius 1 is 1.03 bits per heavy atom. The average Bonchev–Trinajstić information content (AvgIpc) is 3.08. The summed E-state index contributed by atoms with van der Waals surface area (Å²) < 4.78 is 20.8. The molecule has 156 valence electrons. The molecule has 0 atom stereocenters. The first-order valence-electron chi connectivity index (χ1n) is 9.24. The third-order valence-corrected chi connectivity index (χ3v) is 4.36. The fourth-order valence-corrected chi connectivity index (χ4v) is 2.88. The van der Waals surface area contributed by atoms with Crippen LogP contribution in [0.3, 0.4) is 0 Å². The molecule has 8 heteroatoms. The molecule has 0 aliphatic heterocycles. The first kappa shape index (κ1) is 20.9. The van der Waals surface area contributed by atoms with Gasteiger partial charge in [0.25, 0.3) is 5.91 Å². The Morgan fingerprint density at radius 3 is 2.53 bits per heavy atom. The third kappa shape index (κ3) is 4.43. The van der Waals surface area contributed by atoms with Gasteiger partial charge in [-0.25, -0.2) is 9.59 Å². The van der Waals surface area contributed by atoms with Crippen molar-refractivity contribution in [2.45, 2.75) is 13.8 Å². The van der Waals surface area contributed by atoms with E-state index in [1.165, 1.54) is 6.07 Å². The Bertz CT molecular complexity index is 1100. The summed E-state index contributed by atoms with van der Waals surface area (Å²) in [5, 5.41) is 3.27. The second-order valence-corrected chi connectivity index (χ2v) is 6.31. The number of fused-ring (bicyclic) bond motifs is 1. The van der Waals surface area contributed by atoms with Gasteiger partial charge in [-0.05, 0) is 44.2 Å². The van der Waals surface area contributed by atoms with Crippen LogP contribution in [-0.2, 0) is 14.3 Å². The van der Waals surface area contributed by atoms with E-state index in [1.54, 1.807) is 57.4 Å². The van der Waals surface area contributed by atoms with Crippen molar-refractivity contribution in [3.8, 4) is 5.75 Å². The number of methoxy groups -OCH3 is 1. The maximum atomic E-state index is 12.4. The van der Waals surface area contributed by atoms with Crippen LogP contribution in [0, 0.1) is 6.92 Å². The summed E-state index contributed by atoms with van der Waals surface area (Å²) >= 11 is 0. The maximum absolute atomic E-state index is 12.4. The highest BCUT2D eigenvalue weighted by Gasteiger charge is 2.21. The zero-order chi connectivity index (χ0) is 21.7. The summed E-state index contributed by atoms with van der Waals surface area (Å²) in [5.41, 5.74) is 1.57. The summed E-state index contributed by atoms with van der Waals surface area (Å²) in [4.78, 5) is 36.6. The van der Waals surface area contributed by atoms with E-state index in [4.69, 9.17) is 18.6 Å². The van der Waals surface area contributed by atoms with Crippen molar-refractivity contribution in [1.82, 2.24) is 0 Å². The summed E-state index contributed by atoms with van der Waals surface area (Å²) in [6.07, 6.45) is 0. The van der Waals surface area contributed by atoms with Gasteiger partial charge in [0.1, 0.15) is 11.3 Å². The summed E-state index contributed by atoms with van der Waals surface area (Å²) in [6.45, 7) is 3.07. The van der Waals surface area contributed by atoms with Crippen LogP contribution in [-0.4, -0.2) is 38.2 Å². The SMILES string of the molecule is CCOC(=O)c1ccccc1NC(=O)COC(=O)c1oc2ccc(OC)cc2c1C. The minimum Gasteiger partial charge on any atom is -0.497 e. The van der Waals surface area contributed by atoms with Crippen LogP contribution >= 0.6 is 0 Å². The molecule has 0 saturated heterocycles. The highest BCUT2D eigenvalue weighted by molar-refractivity contribution is 6.02. The molecule has 0 aliphatic rings. The van der Waals surface area contributed by atoms with Crippen LogP contribution in [0.5, 0.6) is 5.75 Å². The van der Waals surface area contributed by atoms with Gasteiger partial charge in [-0.15, -0.1) is 0 Å². The molecule has 0 bridgehead atoms. The number of ether oxygens (including phenoxy) is 3. The number of esters is 2. The molecule has 1 heterocycles. The van der Waals surface area contributed by atoms with E-state index in [1.807, 2.05) is 0 Å². The molecule has 0 radical (unpaired) electrons. The van der Waals surface area contributed by atoms with Crippen LogP contribution in [0.2, 0.25) is 0 Å². The van der Waals surface area contributed by atoms with E-state index in [0.29, 0.717) is 22.3 Å². The zero-order valence-corrected chi connectivity index (χ0v) is 16.8. The average molecular weight is 411 g/mol. The molecule has 0 unspecified atom stereocenters. The Kier molecular flexibility index (Phi) is 6.36. The highest BCUT2D eigenvalue weighted by Crippen LogP contribution is 2.29. The minimum absolute atomic E-state index is 0.0120. The van der Waals surface area contributed by atoms with Crippen molar-refractivity contribution in [1.29, 1.82) is 0 Å². The van der Waals surface area contributed by atoms with E-state index >= 15 is 0 Å². The number of amides is 1. The van der Waals surface area contributed by atoms with Crippen molar-refractivity contribution in [3.63, 3.8) is 0 Å². The van der Waals surface area contributed by atoms with Gasteiger partial charge in [-0.2, -0.15) is 0 Å². The van der Waals surface area contributed by atoms with Gasteiger partial charge in [0.05, 0.1) is 25.0 Å². The van der Waals surface area contributed by atoms with E-state index < -0.39 is 24.5 Å². The first-order valence-corrected chi connectivity index (χ1v) is 9.24. The molecule has 1 amide bonds. The van der Waals surface area contributed by atoms with Gasteiger partial charge in [0, 0.05) is 10.9 Å². The monoisotopic (exact) mass is 411 g/mol. The van der Waals surface area contributed by atoms with Gasteiger partial charge in [-0.1, -0.05) is 12.1 Å². The molecule has 30 heavy (non-hydrogen) atoms. The lowest BCUT2D eigenvalue weighted by atomic mass is 10.1. The Labute approximate surface area is 172 Å². The van der Waals surface area contributed by atoms with Crippen molar-refractivity contribution >= 4 is 34.5 Å². The number of hydrogen-bond acceptors (Lipinski definition) is 7. The molecule has 3 rings (SSSR count). The lowest BCUT2D eigenvalue weighted by Crippen LogP contribution is -2.22. The Morgan fingerprint density at radius 2 is 1.80 bits per heavy atom. The molecule has 8 nitrogen and oxygen atoms in total. The van der Waals surface area contributed by atoms with Gasteiger partial charge >= 0.3 is 11.9 Å². The molecule has 3 aromatic rings. The highest BCUT2D eigenvalue weighted by atomic mass is 16.5. The van der Waals surface area contributed by atoms with E-state index in [-0.39, 0.29) is 23.6 Å². The number of aryl methyl sites for hydroxylation is 1. The number of furan rings is 1. The van der Waals surface area contributed by atoms with Crippen LogP contribution in [0.25, 0.3) is 11.0 Å². The van der Waals surface area contributed by atoms with Gasteiger partial charge in [0.2, 0.25) is 5.76 Å². The quantitative estimate of drug-likeness (QED) is 0.591. The fraction of sp³-hybridized carbons (Fsp3) is 0.227. The van der Waals surface area contributed by atoms with E-state index in [2.05, 4.69) is 5.32 Å². The standard InChI is InChI=1S/C22H21NO7/c1-4-28-21(25)15-7-5-6-8-17(15)23-19(24)12-29-22(26)20-13(2)16-11-14(27-3)9-10-18(16)30-20/h5-11H,4,12H2,1-3H3,(H,23,24). The molecular weight excluding hydrogens is 390 g/mol. The van der Waals surface area contributed by atoms with Crippen molar-refractivity contribution in [2.75, 3.05) is 25.6 Å². The Balaban J connectivity index is 1.67. The topological polar surface area (TPSA) is 104 Å². The molecule has 0 aliphatic carbocycles. The molecule has 0 fully saturated rings. The van der Waals surface area contributed by atoms with E-state index in [9.17, 15) is 14.4 Å². The fourth-order valence-electron chi connectivity index (χ4n) is 2.88. The predicted octanol–water partition coefficient (Wildman–Crippen LogP) is 3.72. The normalized spacial score (nSPS) is 10.5. The van der Waals surface area contributed by atoms with Gasteiger partial charge < -0.3 is 23.9 Å². The molecule has 2 aromatic carbocycles. The predicted molar refractivity (Wildman–Crippen MR) is 109 cm³/mol. The number of anilines is 1. The van der Waals surface area contributed by atoms with E-state index in [0.717, 1.165) is 0 Å². The van der Waals surface area contributed by atoms with Crippen LogP contribution in [0.15, 0.2) is 46.9 Å². The molecule has 0 spiro atoms. The second kappa shape index (κ2) is 9.13. The smallest absolute Gasteiger partial charge is 0.375 e. The van der Waals surface area contributed by atoms with Crippen molar-refractivity contribution in [2.24, 2.45) is 0 Å². The number of para-hydroxylation sites is 1. The summed E-state index contributed by atoms with van der Waals surface area (Å²) in [6, 6.07) is 11.6. The lowest BCUT2D eigenvalue weighted by molar-refractivity contribution is -0.119. The molecule has 1 aromatic heterocycles. The van der Waals surface area contributed by atoms with Gasteiger partial charge in [-0.3, -0.25) is 4.79 Å². The molecule has 1 N–H and O–H groups in total. The first-order chi connectivity index (χ1) is 14.4. The number of hydrogen-bond donors (Lipinski definition) is 1. The molecular formula is C22H21NO7. The third-order valence-electron chi connectivity index (χ3n) is 4.36. The number of carbonyl (C=O) groups excluding carboxylic acids is 3. The molecule has 0 saturated carbocycles. The largest absolute Gasteiger partial charge is 0.497 e. The van der Waals surface area contributed by atoms with Crippen molar-refractivity contribution in [3.05, 3.63) is 59.4 Å². The maximum Gasteiger partial charge on any atom is 0.375 e. The van der Waals surface area contributed by atoms with Crippen LogP contribution in [0.4, 0.5) is 5.69 Å². The Hall–Kier alpha value is -3.81. The summed E-state index contributed by atoms with van der Waals surface area (Å²) in [5.74, 6) is -1.28. The second-order valence-electron chi connectivity index (χ2n) is 6.31.